The standard InChI is InChI=1S/C15H24FN/c1-5-15(11(2)3)17-9-8-13-6-7-14(16)10-12(13)4/h6-7,10-11,15,17H,5,8-9H2,1-4H3. The van der Waals surface area contributed by atoms with Gasteiger partial charge in [0, 0.05) is 6.04 Å². The molecule has 1 unspecified atom stereocenters. The predicted molar refractivity (Wildman–Crippen MR) is 71.8 cm³/mol. The molecular formula is C15H24FN. The number of halogens is 1. The molecule has 0 fully saturated rings. The van der Waals surface area contributed by atoms with Gasteiger partial charge in [0.25, 0.3) is 0 Å². The molecule has 0 saturated heterocycles. The lowest BCUT2D eigenvalue weighted by atomic mass is 10.0. The van der Waals surface area contributed by atoms with Gasteiger partial charge in [-0.25, -0.2) is 4.39 Å². The Hall–Kier alpha value is -0.890. The fourth-order valence-electron chi connectivity index (χ4n) is 2.18. The van der Waals surface area contributed by atoms with Gasteiger partial charge < -0.3 is 5.32 Å². The smallest absolute Gasteiger partial charge is 0.123 e. The topological polar surface area (TPSA) is 12.0 Å². The Morgan fingerprint density at radius 2 is 2.00 bits per heavy atom. The molecule has 1 aromatic carbocycles. The van der Waals surface area contributed by atoms with Gasteiger partial charge in [-0.05, 0) is 55.5 Å². The molecule has 0 aromatic heterocycles. The summed E-state index contributed by atoms with van der Waals surface area (Å²) < 4.78 is 12.9. The van der Waals surface area contributed by atoms with E-state index in [0.29, 0.717) is 12.0 Å². The minimum absolute atomic E-state index is 0.146. The summed E-state index contributed by atoms with van der Waals surface area (Å²) in [5.74, 6) is 0.516. The highest BCUT2D eigenvalue weighted by atomic mass is 19.1. The Morgan fingerprint density at radius 3 is 2.53 bits per heavy atom. The fourth-order valence-corrected chi connectivity index (χ4v) is 2.18. The third-order valence-corrected chi connectivity index (χ3v) is 3.35. The van der Waals surface area contributed by atoms with Gasteiger partial charge in [0.05, 0.1) is 0 Å². The molecule has 0 bridgehead atoms. The Balaban J connectivity index is 2.45. The van der Waals surface area contributed by atoms with Crippen molar-refractivity contribution in [3.05, 3.63) is 35.1 Å². The van der Waals surface area contributed by atoms with Crippen LogP contribution < -0.4 is 5.32 Å². The van der Waals surface area contributed by atoms with E-state index < -0.39 is 0 Å². The molecule has 1 N–H and O–H groups in total. The predicted octanol–water partition coefficient (Wildman–Crippen LogP) is 3.70. The van der Waals surface area contributed by atoms with Crippen molar-refractivity contribution in [3.8, 4) is 0 Å². The van der Waals surface area contributed by atoms with E-state index >= 15 is 0 Å². The normalized spacial score (nSPS) is 13.1. The van der Waals surface area contributed by atoms with E-state index in [9.17, 15) is 4.39 Å². The quantitative estimate of drug-likeness (QED) is 0.795. The van der Waals surface area contributed by atoms with Crippen LogP contribution in [0.15, 0.2) is 18.2 Å². The molecule has 0 aliphatic carbocycles. The minimum atomic E-state index is -0.146. The van der Waals surface area contributed by atoms with Crippen molar-refractivity contribution in [1.29, 1.82) is 0 Å². The van der Waals surface area contributed by atoms with Gasteiger partial charge >= 0.3 is 0 Å². The van der Waals surface area contributed by atoms with Gasteiger partial charge in [-0.2, -0.15) is 0 Å². The van der Waals surface area contributed by atoms with Crippen LogP contribution in [0.2, 0.25) is 0 Å². The van der Waals surface area contributed by atoms with Crippen molar-refractivity contribution < 1.29 is 4.39 Å². The molecule has 0 heterocycles. The molecule has 1 aromatic rings. The molecule has 0 spiro atoms. The Labute approximate surface area is 104 Å². The summed E-state index contributed by atoms with van der Waals surface area (Å²) in [6.07, 6.45) is 2.12. The number of hydrogen-bond donors (Lipinski definition) is 1. The highest BCUT2D eigenvalue weighted by Gasteiger charge is 2.09. The van der Waals surface area contributed by atoms with Crippen LogP contribution in [0.25, 0.3) is 0 Å². The zero-order valence-electron chi connectivity index (χ0n) is 11.4. The molecule has 1 rings (SSSR count). The summed E-state index contributed by atoms with van der Waals surface area (Å²) in [5, 5.41) is 3.57. The summed E-state index contributed by atoms with van der Waals surface area (Å²) in [6.45, 7) is 9.62. The van der Waals surface area contributed by atoms with Crippen molar-refractivity contribution in [2.75, 3.05) is 6.54 Å². The summed E-state index contributed by atoms with van der Waals surface area (Å²) in [7, 11) is 0. The third-order valence-electron chi connectivity index (χ3n) is 3.35. The molecule has 0 aliphatic heterocycles. The van der Waals surface area contributed by atoms with Gasteiger partial charge in [0.1, 0.15) is 5.82 Å². The maximum Gasteiger partial charge on any atom is 0.123 e. The van der Waals surface area contributed by atoms with E-state index in [1.807, 2.05) is 13.0 Å². The Bertz CT molecular complexity index is 347. The second-order valence-corrected chi connectivity index (χ2v) is 5.03. The largest absolute Gasteiger partial charge is 0.313 e. The van der Waals surface area contributed by atoms with Crippen LogP contribution in [-0.2, 0) is 6.42 Å². The van der Waals surface area contributed by atoms with Gasteiger partial charge in [0.15, 0.2) is 0 Å². The van der Waals surface area contributed by atoms with Crippen LogP contribution in [0.1, 0.15) is 38.3 Å². The van der Waals surface area contributed by atoms with Gasteiger partial charge in [-0.3, -0.25) is 0 Å². The van der Waals surface area contributed by atoms with E-state index in [1.54, 1.807) is 12.1 Å². The Kier molecular flexibility index (Phi) is 5.63. The first-order chi connectivity index (χ1) is 8.04. The van der Waals surface area contributed by atoms with E-state index in [4.69, 9.17) is 0 Å². The van der Waals surface area contributed by atoms with E-state index in [1.165, 1.54) is 5.56 Å². The van der Waals surface area contributed by atoms with Crippen LogP contribution in [0.4, 0.5) is 4.39 Å². The maximum atomic E-state index is 12.9. The van der Waals surface area contributed by atoms with Gasteiger partial charge in [-0.1, -0.05) is 26.8 Å². The number of rotatable bonds is 6. The van der Waals surface area contributed by atoms with Gasteiger partial charge in [-0.15, -0.1) is 0 Å². The van der Waals surface area contributed by atoms with Crippen molar-refractivity contribution in [3.63, 3.8) is 0 Å². The molecule has 0 aliphatic rings. The molecule has 0 saturated carbocycles. The van der Waals surface area contributed by atoms with Crippen molar-refractivity contribution in [2.45, 2.75) is 46.6 Å². The van der Waals surface area contributed by atoms with Crippen molar-refractivity contribution >= 4 is 0 Å². The summed E-state index contributed by atoms with van der Waals surface area (Å²) in [4.78, 5) is 0. The highest BCUT2D eigenvalue weighted by Crippen LogP contribution is 2.11. The number of nitrogens with one attached hydrogen (secondary N) is 1. The molecule has 0 amide bonds. The average molecular weight is 237 g/mol. The first-order valence-electron chi connectivity index (χ1n) is 6.53. The second-order valence-electron chi connectivity index (χ2n) is 5.03. The van der Waals surface area contributed by atoms with Crippen LogP contribution in [-0.4, -0.2) is 12.6 Å². The van der Waals surface area contributed by atoms with E-state index in [0.717, 1.165) is 24.9 Å². The van der Waals surface area contributed by atoms with E-state index in [-0.39, 0.29) is 5.82 Å². The summed E-state index contributed by atoms with van der Waals surface area (Å²) in [5.41, 5.74) is 2.28. The average Bonchev–Trinajstić information content (AvgIpc) is 2.26. The molecular weight excluding hydrogens is 213 g/mol. The zero-order chi connectivity index (χ0) is 12.8. The lowest BCUT2D eigenvalue weighted by Gasteiger charge is -2.21. The van der Waals surface area contributed by atoms with Crippen LogP contribution >= 0.6 is 0 Å². The van der Waals surface area contributed by atoms with Crippen molar-refractivity contribution in [1.82, 2.24) is 5.32 Å². The van der Waals surface area contributed by atoms with Crippen LogP contribution in [0, 0.1) is 18.7 Å². The molecule has 0 radical (unpaired) electrons. The number of aryl methyl sites for hydroxylation is 1. The molecule has 1 atom stereocenters. The monoisotopic (exact) mass is 237 g/mol. The number of hydrogen-bond acceptors (Lipinski definition) is 1. The fraction of sp³-hybridized carbons (Fsp3) is 0.600. The second kappa shape index (κ2) is 6.75. The summed E-state index contributed by atoms with van der Waals surface area (Å²) >= 11 is 0. The summed E-state index contributed by atoms with van der Waals surface area (Å²) in [6, 6.07) is 5.62. The SMILES string of the molecule is CCC(NCCc1ccc(F)cc1C)C(C)C. The number of benzene rings is 1. The molecule has 2 heteroatoms. The zero-order valence-corrected chi connectivity index (χ0v) is 11.4. The highest BCUT2D eigenvalue weighted by molar-refractivity contribution is 5.26. The first kappa shape index (κ1) is 14.2. The lowest BCUT2D eigenvalue weighted by Crippen LogP contribution is -2.34. The minimum Gasteiger partial charge on any atom is -0.313 e. The molecule has 96 valence electrons. The van der Waals surface area contributed by atoms with Crippen molar-refractivity contribution in [2.24, 2.45) is 5.92 Å². The van der Waals surface area contributed by atoms with E-state index in [2.05, 4.69) is 26.1 Å². The maximum absolute atomic E-state index is 12.9. The molecule has 1 nitrogen and oxygen atoms in total. The lowest BCUT2D eigenvalue weighted by molar-refractivity contribution is 0.391. The molecule has 17 heavy (non-hydrogen) atoms. The van der Waals surface area contributed by atoms with Crippen LogP contribution in [0.3, 0.4) is 0 Å². The van der Waals surface area contributed by atoms with Crippen LogP contribution in [0.5, 0.6) is 0 Å². The van der Waals surface area contributed by atoms with Gasteiger partial charge in [0.2, 0.25) is 0 Å². The first-order valence-corrected chi connectivity index (χ1v) is 6.53. The Morgan fingerprint density at radius 1 is 1.29 bits per heavy atom. The third kappa shape index (κ3) is 4.47.